The Balaban J connectivity index is 2.11. The minimum atomic E-state index is -0.352. The summed E-state index contributed by atoms with van der Waals surface area (Å²) in [5, 5.41) is 0. The lowest BCUT2D eigenvalue weighted by molar-refractivity contribution is 0.435. The Morgan fingerprint density at radius 3 is 2.90 bits per heavy atom. The highest BCUT2D eigenvalue weighted by molar-refractivity contribution is 5.07. The van der Waals surface area contributed by atoms with Gasteiger partial charge >= 0.3 is 0 Å². The van der Waals surface area contributed by atoms with Crippen LogP contribution in [0.25, 0.3) is 0 Å². The van der Waals surface area contributed by atoms with Crippen LogP contribution in [0.1, 0.15) is 24.6 Å². The number of rotatable bonds is 2. The lowest BCUT2D eigenvalue weighted by Crippen LogP contribution is -1.99. The summed E-state index contributed by atoms with van der Waals surface area (Å²) in [6.07, 6.45) is 3.88. The van der Waals surface area contributed by atoms with Gasteiger partial charge in [-0.3, -0.25) is 0 Å². The normalized spacial score (nSPS) is 20.9. The van der Waals surface area contributed by atoms with Crippen molar-refractivity contribution in [2.24, 2.45) is 5.92 Å². The molecule has 1 fully saturated rings. The lowest BCUT2D eigenvalue weighted by Gasteiger charge is -2.00. The number of hydrogen-bond acceptors (Lipinski definition) is 1. The van der Waals surface area contributed by atoms with Crippen LogP contribution >= 0.6 is 0 Å². The van der Waals surface area contributed by atoms with E-state index >= 15 is 0 Å². The maximum Gasteiger partial charge on any atom is 0.124 e. The van der Waals surface area contributed by atoms with Crippen molar-refractivity contribution in [2.45, 2.75) is 18.9 Å². The van der Waals surface area contributed by atoms with E-state index in [0.29, 0.717) is 11.7 Å². The molecule has 1 aromatic rings. The third-order valence-electron chi connectivity index (χ3n) is 1.90. The van der Waals surface area contributed by atoms with E-state index in [1.165, 1.54) is 0 Å². The van der Waals surface area contributed by atoms with Crippen LogP contribution in [0, 0.1) is 5.92 Å². The Labute approximate surface area is 60.0 Å². The van der Waals surface area contributed by atoms with Crippen LogP contribution in [0.5, 0.6) is 0 Å². The van der Waals surface area contributed by atoms with Gasteiger partial charge in [0.05, 0.1) is 6.26 Å². The van der Waals surface area contributed by atoms with Crippen LogP contribution in [0.2, 0.25) is 0 Å². The summed E-state index contributed by atoms with van der Waals surface area (Å²) in [6, 6.07) is 3.28. The van der Waals surface area contributed by atoms with Crippen LogP contribution in [0.4, 0.5) is 0 Å². The molecule has 0 aliphatic heterocycles. The summed E-state index contributed by atoms with van der Waals surface area (Å²) in [4.78, 5) is 0. The fourth-order valence-electron chi connectivity index (χ4n) is 1.10. The van der Waals surface area contributed by atoms with E-state index in [1.807, 2.05) is 6.07 Å². The molecule has 1 unspecified atom stereocenters. The zero-order valence-corrected chi connectivity index (χ0v) is 5.66. The minimum absolute atomic E-state index is 0.352. The van der Waals surface area contributed by atoms with E-state index in [4.69, 9.17) is 4.42 Å². The number of furan rings is 1. The molecule has 0 N–H and O–H groups in total. The van der Waals surface area contributed by atoms with Crippen molar-refractivity contribution in [3.05, 3.63) is 24.2 Å². The molecule has 0 aromatic carbocycles. The Kier molecular flexibility index (Phi) is 1.27. The quantitative estimate of drug-likeness (QED) is 0.609. The molecular weight excluding hydrogens is 126 g/mol. The van der Waals surface area contributed by atoms with Crippen molar-refractivity contribution in [3.63, 3.8) is 0 Å². The van der Waals surface area contributed by atoms with Gasteiger partial charge in [0.2, 0.25) is 0 Å². The van der Waals surface area contributed by atoms with Crippen LogP contribution in [0.3, 0.4) is 0 Å². The average molecular weight is 135 g/mol. The van der Waals surface area contributed by atoms with Crippen molar-refractivity contribution in [1.82, 2.24) is 5.73 Å². The molecule has 1 aliphatic carbocycles. The second-order valence-corrected chi connectivity index (χ2v) is 2.80. The summed E-state index contributed by atoms with van der Waals surface area (Å²) in [5.41, 5.74) is 9.46. The van der Waals surface area contributed by atoms with Crippen LogP contribution in [0.15, 0.2) is 22.8 Å². The summed E-state index contributed by atoms with van der Waals surface area (Å²) >= 11 is 0. The second-order valence-electron chi connectivity index (χ2n) is 2.80. The van der Waals surface area contributed by atoms with Crippen LogP contribution in [-0.2, 0) is 0 Å². The standard InChI is InChI=1S/C8H9NO/c9-8(6-3-4-6)7-2-1-5-10-7/h1-2,5-6,8H,3-4H2. The Hall–Kier alpha value is -0.760. The monoisotopic (exact) mass is 135 g/mol. The van der Waals surface area contributed by atoms with Gasteiger partial charge < -0.3 is 4.42 Å². The fraction of sp³-hybridized carbons (Fsp3) is 0.500. The van der Waals surface area contributed by atoms with Gasteiger partial charge in [-0.05, 0) is 30.9 Å². The van der Waals surface area contributed by atoms with E-state index in [0.717, 1.165) is 12.8 Å². The molecule has 52 valence electrons. The van der Waals surface area contributed by atoms with Crippen molar-refractivity contribution >= 4 is 0 Å². The van der Waals surface area contributed by atoms with E-state index in [1.54, 1.807) is 12.3 Å². The summed E-state index contributed by atoms with van der Waals surface area (Å²) < 4.78 is 5.05. The first-order valence-electron chi connectivity index (χ1n) is 3.59. The van der Waals surface area contributed by atoms with Crippen molar-refractivity contribution in [1.29, 1.82) is 0 Å². The predicted molar refractivity (Wildman–Crippen MR) is 36.3 cm³/mol. The molecule has 1 atom stereocenters. The molecule has 0 spiro atoms. The van der Waals surface area contributed by atoms with Crippen molar-refractivity contribution in [3.8, 4) is 0 Å². The van der Waals surface area contributed by atoms with Gasteiger partial charge in [0.1, 0.15) is 11.8 Å². The molecule has 2 nitrogen and oxygen atoms in total. The predicted octanol–water partition coefficient (Wildman–Crippen LogP) is 1.80. The van der Waals surface area contributed by atoms with Gasteiger partial charge in [0.25, 0.3) is 0 Å². The van der Waals surface area contributed by atoms with E-state index < -0.39 is 0 Å². The molecule has 1 saturated carbocycles. The SMILES string of the molecule is [N]C(c1ccco1)C1CC1. The maximum absolute atomic E-state index is 9.46. The fourth-order valence-corrected chi connectivity index (χ4v) is 1.10. The summed E-state index contributed by atoms with van der Waals surface area (Å²) in [7, 11) is 0. The van der Waals surface area contributed by atoms with E-state index in [9.17, 15) is 5.73 Å². The highest BCUT2D eigenvalue weighted by atomic mass is 16.3. The molecule has 1 aromatic heterocycles. The first-order valence-corrected chi connectivity index (χ1v) is 3.59. The van der Waals surface area contributed by atoms with E-state index in [2.05, 4.69) is 0 Å². The highest BCUT2D eigenvalue weighted by Gasteiger charge is 2.32. The van der Waals surface area contributed by atoms with E-state index in [-0.39, 0.29) is 6.04 Å². The zero-order valence-electron chi connectivity index (χ0n) is 5.66. The first-order chi connectivity index (χ1) is 4.88. The lowest BCUT2D eigenvalue weighted by atomic mass is 10.1. The number of nitrogens with zero attached hydrogens (tertiary/aromatic N) is 1. The summed E-state index contributed by atoms with van der Waals surface area (Å²) in [5.74, 6) is 1.17. The average Bonchev–Trinajstić information content (AvgIpc) is 2.65. The molecule has 2 heteroatoms. The second kappa shape index (κ2) is 2.13. The third-order valence-corrected chi connectivity index (χ3v) is 1.90. The Morgan fingerprint density at radius 1 is 1.60 bits per heavy atom. The molecule has 2 rings (SSSR count). The Bertz CT molecular complexity index is 201. The first kappa shape index (κ1) is 5.98. The van der Waals surface area contributed by atoms with Gasteiger partial charge in [-0.1, -0.05) is 0 Å². The van der Waals surface area contributed by atoms with Gasteiger partial charge in [0, 0.05) is 0 Å². The zero-order chi connectivity index (χ0) is 6.97. The maximum atomic E-state index is 9.46. The summed E-state index contributed by atoms with van der Waals surface area (Å²) in [6.45, 7) is 0. The molecule has 2 radical (unpaired) electrons. The van der Waals surface area contributed by atoms with Gasteiger partial charge in [0.15, 0.2) is 0 Å². The Morgan fingerprint density at radius 2 is 2.40 bits per heavy atom. The molecule has 10 heavy (non-hydrogen) atoms. The van der Waals surface area contributed by atoms with Crippen LogP contribution in [-0.4, -0.2) is 0 Å². The largest absolute Gasteiger partial charge is 0.468 e. The van der Waals surface area contributed by atoms with Crippen LogP contribution < -0.4 is 5.73 Å². The minimum Gasteiger partial charge on any atom is -0.468 e. The molecule has 0 amide bonds. The molecule has 0 bridgehead atoms. The number of hydrogen-bond donors (Lipinski definition) is 0. The van der Waals surface area contributed by atoms with Gasteiger partial charge in [-0.15, -0.1) is 5.73 Å². The molecule has 1 aliphatic rings. The molecule has 0 saturated heterocycles. The van der Waals surface area contributed by atoms with Crippen molar-refractivity contribution < 1.29 is 4.42 Å². The van der Waals surface area contributed by atoms with Gasteiger partial charge in [-0.2, -0.15) is 0 Å². The molecular formula is C8H9NO. The third kappa shape index (κ3) is 0.948. The smallest absolute Gasteiger partial charge is 0.124 e. The van der Waals surface area contributed by atoms with Crippen molar-refractivity contribution in [2.75, 3.05) is 0 Å². The van der Waals surface area contributed by atoms with Gasteiger partial charge in [-0.25, -0.2) is 0 Å². The topological polar surface area (TPSA) is 35.4 Å². The molecule has 1 heterocycles. The highest BCUT2D eigenvalue weighted by Crippen LogP contribution is 2.40.